The Balaban J connectivity index is 3.57. The maximum Gasteiger partial charge on any atom is 0.435 e. The van der Waals surface area contributed by atoms with Gasteiger partial charge in [0.1, 0.15) is 17.5 Å². The van der Waals surface area contributed by atoms with Crippen molar-refractivity contribution in [2.75, 3.05) is 13.7 Å². The van der Waals surface area contributed by atoms with Crippen molar-refractivity contribution in [3.05, 3.63) is 0 Å². The highest BCUT2D eigenvalue weighted by atomic mass is 16.6. The van der Waals surface area contributed by atoms with Gasteiger partial charge in [0.05, 0.1) is 24.7 Å². The number of hydrogen-bond donors (Lipinski definition) is 2. The highest BCUT2D eigenvalue weighted by Gasteiger charge is 2.51. The molecule has 3 amide bonds. The van der Waals surface area contributed by atoms with E-state index in [4.69, 9.17) is 14.2 Å². The second-order valence-electron chi connectivity index (χ2n) is 12.1. The molecule has 230 valence electrons. The summed E-state index contributed by atoms with van der Waals surface area (Å²) in [6.07, 6.45) is -0.140. The van der Waals surface area contributed by atoms with Crippen LogP contribution < -0.4 is 5.32 Å². The highest BCUT2D eigenvalue weighted by Crippen LogP contribution is 2.40. The van der Waals surface area contributed by atoms with E-state index in [2.05, 4.69) is 10.3 Å². The number of hydrogen-bond acceptors (Lipinski definition) is 9. The Hall–Kier alpha value is -2.89. The van der Waals surface area contributed by atoms with Gasteiger partial charge in [0.2, 0.25) is 5.91 Å². The average molecular weight is 571 g/mol. The predicted molar refractivity (Wildman–Crippen MR) is 150 cm³/mol. The third kappa shape index (κ3) is 10.3. The van der Waals surface area contributed by atoms with Crippen molar-refractivity contribution >= 4 is 30.4 Å². The third-order valence-corrected chi connectivity index (χ3v) is 6.61. The number of carbonyl (C=O) groups excluding carboxylic acids is 4. The number of aliphatic imine (C=N–C) groups is 1. The summed E-state index contributed by atoms with van der Waals surface area (Å²) in [5.41, 5.74) is -1.69. The number of amides is 3. The summed E-state index contributed by atoms with van der Waals surface area (Å²) < 4.78 is 16.1. The monoisotopic (exact) mass is 570 g/mol. The first kappa shape index (κ1) is 35.1. The van der Waals surface area contributed by atoms with E-state index in [0.717, 1.165) is 29.2 Å². The Labute approximate surface area is 238 Å². The first-order valence-electron chi connectivity index (χ1n) is 14.0. The van der Waals surface area contributed by atoms with Crippen LogP contribution in [0.3, 0.4) is 0 Å². The predicted octanol–water partition coefficient (Wildman–Crippen LogP) is 3.90. The molecular weight excluding hydrogens is 520 g/mol. The first-order valence-corrected chi connectivity index (χ1v) is 14.0. The number of nitrogens with zero attached hydrogens (tertiary/aromatic N) is 3. The van der Waals surface area contributed by atoms with Crippen LogP contribution in [0.1, 0.15) is 88.5 Å². The summed E-state index contributed by atoms with van der Waals surface area (Å²) >= 11 is 0. The van der Waals surface area contributed by atoms with Gasteiger partial charge < -0.3 is 24.6 Å². The van der Waals surface area contributed by atoms with E-state index in [9.17, 15) is 24.3 Å². The molecule has 40 heavy (non-hydrogen) atoms. The Kier molecular flexibility index (Phi) is 12.9. The maximum absolute atomic E-state index is 13.1. The third-order valence-electron chi connectivity index (χ3n) is 6.61. The van der Waals surface area contributed by atoms with Crippen LogP contribution in [0.4, 0.5) is 9.59 Å². The van der Waals surface area contributed by atoms with Crippen molar-refractivity contribution in [3.8, 4) is 0 Å². The summed E-state index contributed by atoms with van der Waals surface area (Å²) in [7, 11) is 1.34. The van der Waals surface area contributed by atoms with E-state index in [1.165, 1.54) is 14.0 Å². The molecule has 12 nitrogen and oxygen atoms in total. The van der Waals surface area contributed by atoms with Crippen molar-refractivity contribution in [1.82, 2.24) is 15.3 Å². The van der Waals surface area contributed by atoms with Gasteiger partial charge in [-0.15, -0.1) is 0 Å². The van der Waals surface area contributed by atoms with Crippen molar-refractivity contribution in [1.29, 1.82) is 0 Å². The molecule has 1 fully saturated rings. The summed E-state index contributed by atoms with van der Waals surface area (Å²) in [5.74, 6) is -2.37. The van der Waals surface area contributed by atoms with Gasteiger partial charge in [-0.25, -0.2) is 14.6 Å². The molecule has 1 aliphatic carbocycles. The summed E-state index contributed by atoms with van der Waals surface area (Å²) in [6.45, 7) is 17.4. The van der Waals surface area contributed by atoms with Crippen LogP contribution in [0, 0.1) is 17.8 Å². The molecule has 0 spiro atoms. The normalized spacial score (nSPS) is 22.1. The fraction of sp³-hybridized carbons (Fsp3) is 0.821. The molecule has 1 rings (SSSR count). The lowest BCUT2D eigenvalue weighted by Crippen LogP contribution is -2.51. The van der Waals surface area contributed by atoms with Crippen molar-refractivity contribution < 1.29 is 38.5 Å². The number of nitrogens with one attached hydrogen (secondary N) is 1. The van der Waals surface area contributed by atoms with Gasteiger partial charge in [-0.1, -0.05) is 26.7 Å². The smallest absolute Gasteiger partial charge is 0.435 e. The van der Waals surface area contributed by atoms with Gasteiger partial charge in [0, 0.05) is 25.9 Å². The largest absolute Gasteiger partial charge is 0.466 e. The Morgan fingerprint density at radius 3 is 1.98 bits per heavy atom. The SMILES string of the molecule is CCOC(=O)[C@H]1C[C@@H](N=CN(C(=O)OC(C)(C)C)N(C)C(=O)OC(C)(C)C)[C@H]([C@@H](NC(C)=O)C(CC)CC)[C@@H]1O. The van der Waals surface area contributed by atoms with Crippen LogP contribution in [-0.4, -0.2) is 88.6 Å². The van der Waals surface area contributed by atoms with Gasteiger partial charge in [-0.2, -0.15) is 5.01 Å². The number of aliphatic hydroxyl groups excluding tert-OH is 1. The van der Waals surface area contributed by atoms with Gasteiger partial charge in [0.15, 0.2) is 0 Å². The Morgan fingerprint density at radius 2 is 1.52 bits per heavy atom. The standard InChI is InChI=1S/C28H50N4O8/c1-12-18(13-2)22(30-17(4)33)21-20(15-19(23(21)34)24(35)38-14-3)29-16-32(26(37)40-28(8,9)10)31(11)25(36)39-27(5,6)7/h16,18-23,34H,12-15H2,1-11H3,(H,30,33)/t19-,20+,21+,22-,23+/m0/s1. The van der Waals surface area contributed by atoms with Gasteiger partial charge in [0.25, 0.3) is 0 Å². The van der Waals surface area contributed by atoms with E-state index in [1.807, 2.05) is 13.8 Å². The van der Waals surface area contributed by atoms with Crippen LogP contribution in [0.15, 0.2) is 4.99 Å². The van der Waals surface area contributed by atoms with Crippen LogP contribution in [0.5, 0.6) is 0 Å². The second kappa shape index (κ2) is 14.7. The van der Waals surface area contributed by atoms with Crippen molar-refractivity contribution in [3.63, 3.8) is 0 Å². The molecule has 0 bridgehead atoms. The molecule has 0 saturated heterocycles. The lowest BCUT2D eigenvalue weighted by atomic mass is 9.80. The van der Waals surface area contributed by atoms with E-state index in [-0.39, 0.29) is 24.9 Å². The molecule has 0 aromatic rings. The zero-order valence-corrected chi connectivity index (χ0v) is 26.0. The number of aliphatic hydroxyl groups is 1. The number of hydrazine groups is 1. The van der Waals surface area contributed by atoms with E-state index < -0.39 is 59.4 Å². The van der Waals surface area contributed by atoms with Crippen molar-refractivity contribution in [2.24, 2.45) is 22.7 Å². The molecule has 12 heteroatoms. The highest BCUT2D eigenvalue weighted by molar-refractivity contribution is 5.85. The Bertz CT molecular complexity index is 907. The van der Waals surface area contributed by atoms with Crippen LogP contribution in [0.25, 0.3) is 0 Å². The molecule has 0 aliphatic heterocycles. The zero-order chi connectivity index (χ0) is 31.0. The summed E-state index contributed by atoms with van der Waals surface area (Å²) in [6, 6.07) is -1.19. The number of carbonyl (C=O) groups is 4. The number of ether oxygens (including phenoxy) is 3. The number of rotatable bonds is 9. The zero-order valence-electron chi connectivity index (χ0n) is 26.0. The van der Waals surface area contributed by atoms with Crippen LogP contribution in [0.2, 0.25) is 0 Å². The first-order chi connectivity index (χ1) is 18.4. The van der Waals surface area contributed by atoms with Crippen LogP contribution >= 0.6 is 0 Å². The number of esters is 1. The molecular formula is C28H50N4O8. The minimum atomic E-state index is -1.16. The molecule has 0 heterocycles. The van der Waals surface area contributed by atoms with E-state index >= 15 is 0 Å². The van der Waals surface area contributed by atoms with E-state index in [1.54, 1.807) is 48.5 Å². The molecule has 1 saturated carbocycles. The van der Waals surface area contributed by atoms with E-state index in [0.29, 0.717) is 0 Å². The minimum Gasteiger partial charge on any atom is -0.466 e. The van der Waals surface area contributed by atoms with Gasteiger partial charge in [-0.05, 0) is 60.8 Å². The van der Waals surface area contributed by atoms with Crippen LogP contribution in [-0.2, 0) is 23.8 Å². The molecule has 0 radical (unpaired) electrons. The molecule has 1 aliphatic rings. The Morgan fingerprint density at radius 1 is 1.00 bits per heavy atom. The summed E-state index contributed by atoms with van der Waals surface area (Å²) in [5, 5.41) is 16.2. The van der Waals surface area contributed by atoms with Gasteiger partial charge >= 0.3 is 18.2 Å². The molecule has 0 aromatic carbocycles. The average Bonchev–Trinajstić information content (AvgIpc) is 3.12. The molecule has 0 unspecified atom stereocenters. The maximum atomic E-state index is 13.1. The van der Waals surface area contributed by atoms with Gasteiger partial charge in [-0.3, -0.25) is 14.6 Å². The lowest BCUT2D eigenvalue weighted by molar-refractivity contribution is -0.151. The minimum absolute atomic E-state index is 0.00593. The molecule has 0 aromatic heterocycles. The second-order valence-corrected chi connectivity index (χ2v) is 12.1. The fourth-order valence-electron chi connectivity index (χ4n) is 4.83. The summed E-state index contributed by atoms with van der Waals surface area (Å²) in [4.78, 5) is 55.5. The lowest BCUT2D eigenvalue weighted by Gasteiger charge is -2.36. The topological polar surface area (TPSA) is 147 Å². The molecule has 5 atom stereocenters. The molecule has 2 N–H and O–H groups in total. The fourth-order valence-corrected chi connectivity index (χ4v) is 4.83. The van der Waals surface area contributed by atoms with Crippen molar-refractivity contribution in [2.45, 2.75) is 118 Å². The quantitative estimate of drug-likeness (QED) is 0.139.